The zero-order valence-electron chi connectivity index (χ0n) is 9.09. The van der Waals surface area contributed by atoms with E-state index in [1.807, 2.05) is 19.1 Å². The molecular formula is C11H14BrNOS2. The summed E-state index contributed by atoms with van der Waals surface area (Å²) in [6.07, 6.45) is 2.15. The molecule has 1 aromatic heterocycles. The Morgan fingerprint density at radius 2 is 2.44 bits per heavy atom. The van der Waals surface area contributed by atoms with Crippen LogP contribution in [-0.4, -0.2) is 16.4 Å². The number of thioether (sulfide) groups is 1. The zero-order valence-corrected chi connectivity index (χ0v) is 12.3. The maximum absolute atomic E-state index is 12.0. The van der Waals surface area contributed by atoms with Gasteiger partial charge >= 0.3 is 0 Å². The van der Waals surface area contributed by atoms with Gasteiger partial charge in [0, 0.05) is 4.88 Å². The quantitative estimate of drug-likeness (QED) is 0.925. The van der Waals surface area contributed by atoms with Gasteiger partial charge in [-0.2, -0.15) is 0 Å². The highest BCUT2D eigenvalue weighted by atomic mass is 79.9. The number of hydrogen-bond donors (Lipinski definition) is 1. The second kappa shape index (κ2) is 5.10. The summed E-state index contributed by atoms with van der Waals surface area (Å²) < 4.78 is 0.910. The summed E-state index contributed by atoms with van der Waals surface area (Å²) in [6.45, 7) is 2.69. The fourth-order valence-electron chi connectivity index (χ4n) is 1.76. The third-order valence-corrected chi connectivity index (χ3v) is 5.89. The molecule has 1 aromatic rings. The van der Waals surface area contributed by atoms with Crippen molar-refractivity contribution in [2.45, 2.75) is 31.1 Å². The molecule has 2 rings (SSSR count). The Bertz CT molecular complexity index is 385. The largest absolute Gasteiger partial charge is 0.350 e. The Balaban J connectivity index is 1.88. The van der Waals surface area contributed by atoms with E-state index >= 15 is 0 Å². The van der Waals surface area contributed by atoms with Gasteiger partial charge in [-0.15, -0.1) is 23.1 Å². The Kier molecular flexibility index (Phi) is 3.97. The van der Waals surface area contributed by atoms with Gasteiger partial charge in [-0.25, -0.2) is 0 Å². The van der Waals surface area contributed by atoms with Crippen LogP contribution in [0, 0.1) is 0 Å². The van der Waals surface area contributed by atoms with E-state index in [0.717, 1.165) is 22.4 Å². The van der Waals surface area contributed by atoms with Gasteiger partial charge in [-0.3, -0.25) is 4.79 Å². The second-order valence-corrected chi connectivity index (χ2v) is 8.22. The summed E-state index contributed by atoms with van der Waals surface area (Å²) in [5.74, 6) is 1.29. The highest BCUT2D eigenvalue weighted by Crippen LogP contribution is 2.37. The molecule has 1 N–H and O–H groups in total. The van der Waals surface area contributed by atoms with Crippen LogP contribution in [-0.2, 0) is 11.3 Å². The number of halogens is 1. The van der Waals surface area contributed by atoms with Gasteiger partial charge in [0.05, 0.1) is 15.1 Å². The van der Waals surface area contributed by atoms with Crippen molar-refractivity contribution < 1.29 is 4.79 Å². The van der Waals surface area contributed by atoms with Crippen LogP contribution in [0.4, 0.5) is 0 Å². The van der Waals surface area contributed by atoms with Crippen molar-refractivity contribution in [2.24, 2.45) is 0 Å². The maximum atomic E-state index is 12.0. The predicted octanol–water partition coefficient (Wildman–Crippen LogP) is 3.41. The van der Waals surface area contributed by atoms with Crippen molar-refractivity contribution in [3.05, 3.63) is 20.8 Å². The molecule has 0 saturated carbocycles. The molecule has 1 saturated heterocycles. The maximum Gasteiger partial charge on any atom is 0.236 e. The van der Waals surface area contributed by atoms with Gasteiger partial charge in [0.15, 0.2) is 0 Å². The number of rotatable bonds is 3. The van der Waals surface area contributed by atoms with Gasteiger partial charge in [0.1, 0.15) is 0 Å². The summed E-state index contributed by atoms with van der Waals surface area (Å²) in [5, 5.41) is 3.02. The number of nitrogens with one attached hydrogen (secondary N) is 1. The molecule has 1 atom stereocenters. The van der Waals surface area contributed by atoms with E-state index in [4.69, 9.17) is 0 Å². The van der Waals surface area contributed by atoms with Crippen molar-refractivity contribution >= 4 is 44.9 Å². The van der Waals surface area contributed by atoms with Crippen molar-refractivity contribution in [1.29, 1.82) is 0 Å². The van der Waals surface area contributed by atoms with Crippen LogP contribution >= 0.6 is 39.0 Å². The van der Waals surface area contributed by atoms with Crippen LogP contribution < -0.4 is 5.32 Å². The molecule has 0 bridgehead atoms. The average Bonchev–Trinajstić information content (AvgIpc) is 2.85. The van der Waals surface area contributed by atoms with Gasteiger partial charge in [-0.05, 0) is 53.6 Å². The first-order valence-corrected chi connectivity index (χ1v) is 7.86. The first kappa shape index (κ1) is 12.5. The number of carbonyl (C=O) groups excluding carboxylic acids is 1. The Hall–Kier alpha value is -0.000000000000000111. The molecule has 88 valence electrons. The van der Waals surface area contributed by atoms with Gasteiger partial charge in [-0.1, -0.05) is 0 Å². The molecule has 0 spiro atoms. The average molecular weight is 320 g/mol. The number of amides is 1. The van der Waals surface area contributed by atoms with Crippen molar-refractivity contribution in [2.75, 3.05) is 5.75 Å². The Labute approximate surface area is 112 Å². The topological polar surface area (TPSA) is 29.1 Å². The van der Waals surface area contributed by atoms with E-state index in [1.165, 1.54) is 4.88 Å². The standard InChI is InChI=1S/C11H14BrNOS2/c1-11(5-2-6-15-11)10(14)13-7-8-3-4-9(12)16-8/h3-4H,2,5-7H2,1H3,(H,13,14). The zero-order chi connectivity index (χ0) is 11.6. The lowest BCUT2D eigenvalue weighted by Crippen LogP contribution is -2.39. The number of thiophene rings is 1. The summed E-state index contributed by atoms with van der Waals surface area (Å²) in [6, 6.07) is 4.05. The molecule has 1 amide bonds. The summed E-state index contributed by atoms with van der Waals surface area (Å²) >= 11 is 6.86. The van der Waals surface area contributed by atoms with Gasteiger partial charge in [0.2, 0.25) is 5.91 Å². The van der Waals surface area contributed by atoms with Crippen LogP contribution in [0.2, 0.25) is 0 Å². The smallest absolute Gasteiger partial charge is 0.236 e. The fourth-order valence-corrected chi connectivity index (χ4v) is 4.41. The summed E-state index contributed by atoms with van der Waals surface area (Å²) in [4.78, 5) is 13.2. The SMILES string of the molecule is CC1(C(=O)NCc2ccc(Br)s2)CCCS1. The van der Waals surface area contributed by atoms with Crippen LogP contribution in [0.25, 0.3) is 0 Å². The van der Waals surface area contributed by atoms with Crippen LogP contribution in [0.5, 0.6) is 0 Å². The highest BCUT2D eigenvalue weighted by molar-refractivity contribution is 9.11. The lowest BCUT2D eigenvalue weighted by molar-refractivity contribution is -0.123. The van der Waals surface area contributed by atoms with Crippen molar-refractivity contribution in [3.63, 3.8) is 0 Å². The fraction of sp³-hybridized carbons (Fsp3) is 0.545. The molecule has 0 aromatic carbocycles. The summed E-state index contributed by atoms with van der Waals surface area (Å²) in [7, 11) is 0. The van der Waals surface area contributed by atoms with Crippen LogP contribution in [0.15, 0.2) is 15.9 Å². The van der Waals surface area contributed by atoms with Gasteiger partial charge < -0.3 is 5.32 Å². The summed E-state index contributed by atoms with van der Waals surface area (Å²) in [5.41, 5.74) is 0. The number of carbonyl (C=O) groups is 1. The van der Waals surface area contributed by atoms with E-state index in [0.29, 0.717) is 6.54 Å². The second-order valence-electron chi connectivity index (χ2n) is 4.07. The molecule has 5 heteroatoms. The third kappa shape index (κ3) is 2.81. The molecule has 2 heterocycles. The molecule has 2 nitrogen and oxygen atoms in total. The predicted molar refractivity (Wildman–Crippen MR) is 74.0 cm³/mol. The molecule has 0 aliphatic carbocycles. The molecular weight excluding hydrogens is 306 g/mol. The van der Waals surface area contributed by atoms with Crippen LogP contribution in [0.1, 0.15) is 24.6 Å². The molecule has 0 radical (unpaired) electrons. The minimum absolute atomic E-state index is 0.180. The minimum Gasteiger partial charge on any atom is -0.350 e. The third-order valence-electron chi connectivity index (χ3n) is 2.75. The Morgan fingerprint density at radius 1 is 1.62 bits per heavy atom. The van der Waals surface area contributed by atoms with E-state index in [2.05, 4.69) is 21.2 Å². The molecule has 1 aliphatic heterocycles. The van der Waals surface area contributed by atoms with Crippen molar-refractivity contribution in [3.8, 4) is 0 Å². The van der Waals surface area contributed by atoms with E-state index < -0.39 is 0 Å². The highest BCUT2D eigenvalue weighted by Gasteiger charge is 2.36. The first-order valence-electron chi connectivity index (χ1n) is 5.27. The van der Waals surface area contributed by atoms with E-state index in [-0.39, 0.29) is 10.7 Å². The van der Waals surface area contributed by atoms with E-state index in [1.54, 1.807) is 23.1 Å². The lowest BCUT2D eigenvalue weighted by atomic mass is 10.1. The van der Waals surface area contributed by atoms with E-state index in [9.17, 15) is 4.79 Å². The molecule has 1 aliphatic rings. The van der Waals surface area contributed by atoms with Crippen LogP contribution in [0.3, 0.4) is 0 Å². The number of hydrogen-bond acceptors (Lipinski definition) is 3. The van der Waals surface area contributed by atoms with Crippen molar-refractivity contribution in [1.82, 2.24) is 5.32 Å². The molecule has 1 fully saturated rings. The van der Waals surface area contributed by atoms with Gasteiger partial charge in [0.25, 0.3) is 0 Å². The lowest BCUT2D eigenvalue weighted by Gasteiger charge is -2.21. The minimum atomic E-state index is -0.200. The first-order chi connectivity index (χ1) is 7.60. The normalized spacial score (nSPS) is 24.6. The monoisotopic (exact) mass is 319 g/mol. The Morgan fingerprint density at radius 3 is 3.00 bits per heavy atom. The molecule has 16 heavy (non-hydrogen) atoms. The molecule has 1 unspecified atom stereocenters.